The van der Waals surface area contributed by atoms with Crippen LogP contribution in [-0.2, 0) is 0 Å². The van der Waals surface area contributed by atoms with Crippen LogP contribution < -0.4 is 5.32 Å². The van der Waals surface area contributed by atoms with Crippen LogP contribution in [0.15, 0.2) is 52.9 Å². The molecule has 1 unspecified atom stereocenters. The number of aryl methyl sites for hydroxylation is 1. The normalized spacial score (nSPS) is 12.7. The molecule has 3 rings (SSSR count). The van der Waals surface area contributed by atoms with Gasteiger partial charge < -0.3 is 9.73 Å². The summed E-state index contributed by atoms with van der Waals surface area (Å²) in [6, 6.07) is 16.3. The van der Waals surface area contributed by atoms with Gasteiger partial charge in [0.15, 0.2) is 0 Å². The van der Waals surface area contributed by atoms with E-state index >= 15 is 0 Å². The van der Waals surface area contributed by atoms with E-state index in [1.54, 1.807) is 0 Å². The number of rotatable bonds is 4. The maximum Gasteiger partial charge on any atom is 0.134 e. The van der Waals surface area contributed by atoms with Gasteiger partial charge in [0.25, 0.3) is 0 Å². The second kappa shape index (κ2) is 5.92. The molecule has 3 aromatic rings. The zero-order valence-corrected chi connectivity index (χ0v) is 12.9. The Morgan fingerprint density at radius 3 is 2.76 bits per heavy atom. The van der Waals surface area contributed by atoms with Crippen LogP contribution in [0.2, 0.25) is 5.02 Å². The van der Waals surface area contributed by atoms with E-state index in [4.69, 9.17) is 16.0 Å². The Bertz CT molecular complexity index is 763. The number of fused-ring (bicyclic) bond motifs is 1. The Kier molecular flexibility index (Phi) is 4.00. The highest BCUT2D eigenvalue weighted by Gasteiger charge is 2.18. The maximum absolute atomic E-state index is 6.12. The molecule has 0 aliphatic rings. The highest BCUT2D eigenvalue weighted by atomic mass is 35.5. The van der Waals surface area contributed by atoms with E-state index in [-0.39, 0.29) is 6.04 Å². The highest BCUT2D eigenvalue weighted by Crippen LogP contribution is 2.29. The molecule has 0 bridgehead atoms. The van der Waals surface area contributed by atoms with Crippen molar-refractivity contribution in [3.63, 3.8) is 0 Å². The summed E-state index contributed by atoms with van der Waals surface area (Å²) in [5.74, 6) is 0.916. The predicted molar refractivity (Wildman–Crippen MR) is 87.9 cm³/mol. The average Bonchev–Trinajstić information content (AvgIpc) is 2.87. The van der Waals surface area contributed by atoms with Crippen molar-refractivity contribution in [1.29, 1.82) is 0 Å². The zero-order valence-electron chi connectivity index (χ0n) is 12.2. The van der Waals surface area contributed by atoms with E-state index in [1.165, 1.54) is 5.56 Å². The molecular formula is C18H18ClNO. The second-order valence-corrected chi connectivity index (χ2v) is 5.67. The lowest BCUT2D eigenvalue weighted by Crippen LogP contribution is -2.21. The number of nitrogens with one attached hydrogen (secondary N) is 1. The summed E-state index contributed by atoms with van der Waals surface area (Å²) in [6.07, 6.45) is 0. The van der Waals surface area contributed by atoms with Crippen LogP contribution in [-0.4, -0.2) is 6.54 Å². The molecule has 0 saturated carbocycles. The van der Waals surface area contributed by atoms with Crippen LogP contribution in [0.1, 0.15) is 29.9 Å². The molecule has 2 nitrogen and oxygen atoms in total. The summed E-state index contributed by atoms with van der Waals surface area (Å²) in [6.45, 7) is 5.03. The first kappa shape index (κ1) is 14.2. The predicted octanol–water partition coefficient (Wildman–Crippen LogP) is 5.09. The van der Waals surface area contributed by atoms with Crippen LogP contribution in [0, 0.1) is 6.92 Å². The number of hydrogen-bond acceptors (Lipinski definition) is 2. The van der Waals surface area contributed by atoms with Crippen molar-refractivity contribution in [1.82, 2.24) is 5.32 Å². The zero-order chi connectivity index (χ0) is 14.8. The summed E-state index contributed by atoms with van der Waals surface area (Å²) in [5.41, 5.74) is 3.26. The third-order valence-electron chi connectivity index (χ3n) is 3.57. The lowest BCUT2D eigenvalue weighted by atomic mass is 10.0. The molecule has 0 amide bonds. The Hall–Kier alpha value is -1.77. The van der Waals surface area contributed by atoms with Crippen molar-refractivity contribution in [2.45, 2.75) is 19.9 Å². The van der Waals surface area contributed by atoms with Crippen molar-refractivity contribution in [2.75, 3.05) is 6.54 Å². The lowest BCUT2D eigenvalue weighted by Gasteiger charge is -2.16. The quantitative estimate of drug-likeness (QED) is 0.725. The van der Waals surface area contributed by atoms with Gasteiger partial charge in [0.05, 0.1) is 6.04 Å². The number of benzene rings is 2. The first-order valence-corrected chi connectivity index (χ1v) is 7.54. The van der Waals surface area contributed by atoms with E-state index in [0.29, 0.717) is 0 Å². The van der Waals surface area contributed by atoms with Gasteiger partial charge >= 0.3 is 0 Å². The van der Waals surface area contributed by atoms with Gasteiger partial charge in [-0.3, -0.25) is 0 Å². The van der Waals surface area contributed by atoms with Crippen LogP contribution in [0.3, 0.4) is 0 Å². The fourth-order valence-corrected chi connectivity index (χ4v) is 2.80. The minimum Gasteiger partial charge on any atom is -0.459 e. The van der Waals surface area contributed by atoms with E-state index in [1.807, 2.05) is 24.3 Å². The number of halogens is 1. The standard InChI is InChI=1S/C18H18ClNO/c1-3-20-18(13-5-4-6-15(19)10-13)17-11-14-9-12(2)7-8-16(14)21-17/h4-11,18,20H,3H2,1-2H3. The third-order valence-corrected chi connectivity index (χ3v) is 3.80. The Morgan fingerprint density at radius 1 is 1.14 bits per heavy atom. The van der Waals surface area contributed by atoms with E-state index in [9.17, 15) is 0 Å². The summed E-state index contributed by atoms with van der Waals surface area (Å²) in [7, 11) is 0. The topological polar surface area (TPSA) is 25.2 Å². The van der Waals surface area contributed by atoms with Gasteiger partial charge in [-0.15, -0.1) is 0 Å². The van der Waals surface area contributed by atoms with Crippen molar-refractivity contribution in [3.8, 4) is 0 Å². The lowest BCUT2D eigenvalue weighted by molar-refractivity contribution is 0.477. The highest BCUT2D eigenvalue weighted by molar-refractivity contribution is 6.30. The fraction of sp³-hybridized carbons (Fsp3) is 0.222. The van der Waals surface area contributed by atoms with E-state index in [0.717, 1.165) is 33.9 Å². The number of hydrogen-bond donors (Lipinski definition) is 1. The molecule has 21 heavy (non-hydrogen) atoms. The SMILES string of the molecule is CCNC(c1cccc(Cl)c1)c1cc2cc(C)ccc2o1. The van der Waals surface area contributed by atoms with Crippen LogP contribution >= 0.6 is 11.6 Å². The van der Waals surface area contributed by atoms with Crippen molar-refractivity contribution >= 4 is 22.6 Å². The largest absolute Gasteiger partial charge is 0.459 e. The minimum absolute atomic E-state index is 0.0152. The van der Waals surface area contributed by atoms with Gasteiger partial charge in [0.1, 0.15) is 11.3 Å². The first-order chi connectivity index (χ1) is 10.2. The molecule has 2 aromatic carbocycles. The van der Waals surface area contributed by atoms with Gasteiger partial charge in [0, 0.05) is 10.4 Å². The summed E-state index contributed by atoms with van der Waals surface area (Å²) < 4.78 is 6.03. The second-order valence-electron chi connectivity index (χ2n) is 5.24. The van der Waals surface area contributed by atoms with E-state index in [2.05, 4.69) is 43.4 Å². The molecule has 0 spiro atoms. The molecular weight excluding hydrogens is 282 g/mol. The summed E-state index contributed by atoms with van der Waals surface area (Å²) >= 11 is 6.12. The van der Waals surface area contributed by atoms with E-state index < -0.39 is 0 Å². The molecule has 1 heterocycles. The van der Waals surface area contributed by atoms with Crippen molar-refractivity contribution in [3.05, 3.63) is 70.4 Å². The number of furan rings is 1. The van der Waals surface area contributed by atoms with Gasteiger partial charge in [-0.05, 0) is 49.4 Å². The fourth-order valence-electron chi connectivity index (χ4n) is 2.60. The molecule has 108 valence electrons. The Morgan fingerprint density at radius 2 is 2.00 bits per heavy atom. The molecule has 0 aliphatic heterocycles. The smallest absolute Gasteiger partial charge is 0.134 e. The van der Waals surface area contributed by atoms with Gasteiger partial charge in [-0.1, -0.05) is 42.3 Å². The molecule has 1 atom stereocenters. The first-order valence-electron chi connectivity index (χ1n) is 7.16. The van der Waals surface area contributed by atoms with Crippen molar-refractivity contribution < 1.29 is 4.42 Å². The molecule has 0 saturated heterocycles. The molecule has 3 heteroatoms. The Labute approximate surface area is 129 Å². The van der Waals surface area contributed by atoms with Gasteiger partial charge in [-0.25, -0.2) is 0 Å². The third kappa shape index (κ3) is 2.97. The molecule has 1 N–H and O–H groups in total. The maximum atomic E-state index is 6.12. The molecule has 0 radical (unpaired) electrons. The molecule has 0 aliphatic carbocycles. The van der Waals surface area contributed by atoms with Gasteiger partial charge in [-0.2, -0.15) is 0 Å². The van der Waals surface area contributed by atoms with Crippen LogP contribution in [0.25, 0.3) is 11.0 Å². The molecule has 0 fully saturated rings. The van der Waals surface area contributed by atoms with Crippen molar-refractivity contribution in [2.24, 2.45) is 0 Å². The van der Waals surface area contributed by atoms with Gasteiger partial charge in [0.2, 0.25) is 0 Å². The monoisotopic (exact) mass is 299 g/mol. The van der Waals surface area contributed by atoms with Crippen LogP contribution in [0.5, 0.6) is 0 Å². The summed E-state index contributed by atoms with van der Waals surface area (Å²) in [4.78, 5) is 0. The van der Waals surface area contributed by atoms with Crippen LogP contribution in [0.4, 0.5) is 0 Å². The molecule has 1 aromatic heterocycles. The Balaban J connectivity index is 2.06. The summed E-state index contributed by atoms with van der Waals surface area (Å²) in [5, 5.41) is 5.34. The average molecular weight is 300 g/mol. The minimum atomic E-state index is 0.0152.